The lowest BCUT2D eigenvalue weighted by Crippen LogP contribution is -2.08. The molecule has 4 heteroatoms. The second-order valence-electron chi connectivity index (χ2n) is 2.70. The standard InChI is InChI=1S/C9H12ClFN2/c10-8-6-7(2-3-9(8)11)13-5-1-4-12/h2-3,6,13H,1,4-5,12H2. The Bertz CT molecular complexity index is 278. The van der Waals surface area contributed by atoms with Crippen molar-refractivity contribution in [2.24, 2.45) is 5.73 Å². The van der Waals surface area contributed by atoms with Crippen LogP contribution in [0.25, 0.3) is 0 Å². The van der Waals surface area contributed by atoms with Gasteiger partial charge in [-0.05, 0) is 31.2 Å². The van der Waals surface area contributed by atoms with E-state index in [1.54, 1.807) is 12.1 Å². The van der Waals surface area contributed by atoms with E-state index >= 15 is 0 Å². The highest BCUT2D eigenvalue weighted by Gasteiger charge is 1.99. The molecule has 0 saturated heterocycles. The molecule has 1 rings (SSSR count). The lowest BCUT2D eigenvalue weighted by Gasteiger charge is -2.05. The molecule has 0 aromatic heterocycles. The van der Waals surface area contributed by atoms with Gasteiger partial charge in [0.25, 0.3) is 0 Å². The smallest absolute Gasteiger partial charge is 0.141 e. The van der Waals surface area contributed by atoms with Crippen molar-refractivity contribution in [3.63, 3.8) is 0 Å². The zero-order valence-electron chi connectivity index (χ0n) is 7.19. The lowest BCUT2D eigenvalue weighted by molar-refractivity contribution is 0.628. The van der Waals surface area contributed by atoms with E-state index in [-0.39, 0.29) is 5.02 Å². The minimum Gasteiger partial charge on any atom is -0.385 e. The average Bonchev–Trinajstić information content (AvgIpc) is 2.12. The minimum absolute atomic E-state index is 0.137. The predicted octanol–water partition coefficient (Wildman–Crippen LogP) is 2.24. The fourth-order valence-electron chi connectivity index (χ4n) is 0.941. The molecule has 2 nitrogen and oxygen atoms in total. The van der Waals surface area contributed by atoms with Crippen LogP contribution in [0.1, 0.15) is 6.42 Å². The van der Waals surface area contributed by atoms with Gasteiger partial charge in [0.05, 0.1) is 5.02 Å². The van der Waals surface area contributed by atoms with Crippen LogP contribution in [0.4, 0.5) is 10.1 Å². The van der Waals surface area contributed by atoms with Gasteiger partial charge < -0.3 is 11.1 Å². The van der Waals surface area contributed by atoms with Gasteiger partial charge in [-0.25, -0.2) is 4.39 Å². The van der Waals surface area contributed by atoms with E-state index in [0.717, 1.165) is 18.7 Å². The summed E-state index contributed by atoms with van der Waals surface area (Å²) in [5, 5.41) is 3.22. The second-order valence-corrected chi connectivity index (χ2v) is 3.11. The topological polar surface area (TPSA) is 38.0 Å². The van der Waals surface area contributed by atoms with Crippen molar-refractivity contribution in [3.05, 3.63) is 29.0 Å². The number of hydrogen-bond donors (Lipinski definition) is 2. The van der Waals surface area contributed by atoms with E-state index in [1.807, 2.05) is 0 Å². The molecule has 0 atom stereocenters. The van der Waals surface area contributed by atoms with Crippen LogP contribution in [0.15, 0.2) is 18.2 Å². The SMILES string of the molecule is NCCCNc1ccc(F)c(Cl)c1. The predicted molar refractivity (Wildman–Crippen MR) is 53.6 cm³/mol. The molecule has 0 saturated carbocycles. The highest BCUT2D eigenvalue weighted by Crippen LogP contribution is 2.18. The molecule has 0 amide bonds. The van der Waals surface area contributed by atoms with Crippen molar-refractivity contribution in [2.75, 3.05) is 18.4 Å². The van der Waals surface area contributed by atoms with Crippen LogP contribution in [-0.4, -0.2) is 13.1 Å². The second kappa shape index (κ2) is 5.04. The normalized spacial score (nSPS) is 10.1. The molecule has 3 N–H and O–H groups in total. The van der Waals surface area contributed by atoms with E-state index in [4.69, 9.17) is 17.3 Å². The van der Waals surface area contributed by atoms with Crippen LogP contribution in [0.2, 0.25) is 5.02 Å². The Morgan fingerprint density at radius 3 is 2.85 bits per heavy atom. The molecule has 0 bridgehead atoms. The highest BCUT2D eigenvalue weighted by molar-refractivity contribution is 6.31. The Balaban J connectivity index is 2.53. The Labute approximate surface area is 81.9 Å². The van der Waals surface area contributed by atoms with Gasteiger partial charge in [-0.1, -0.05) is 11.6 Å². The van der Waals surface area contributed by atoms with Crippen LogP contribution in [-0.2, 0) is 0 Å². The summed E-state index contributed by atoms with van der Waals surface area (Å²) in [4.78, 5) is 0. The van der Waals surface area contributed by atoms with Crippen molar-refractivity contribution in [1.82, 2.24) is 0 Å². The minimum atomic E-state index is -0.397. The van der Waals surface area contributed by atoms with Gasteiger partial charge in [0.15, 0.2) is 0 Å². The van der Waals surface area contributed by atoms with Gasteiger partial charge in [-0.2, -0.15) is 0 Å². The quantitative estimate of drug-likeness (QED) is 0.735. The van der Waals surface area contributed by atoms with Crippen LogP contribution < -0.4 is 11.1 Å². The average molecular weight is 203 g/mol. The number of hydrogen-bond acceptors (Lipinski definition) is 2. The van der Waals surface area contributed by atoms with Crippen LogP contribution in [0.5, 0.6) is 0 Å². The van der Waals surface area contributed by atoms with Crippen LogP contribution in [0, 0.1) is 5.82 Å². The zero-order valence-corrected chi connectivity index (χ0v) is 7.94. The molecule has 0 aliphatic rings. The first kappa shape index (κ1) is 10.3. The third-order valence-electron chi connectivity index (χ3n) is 1.63. The van der Waals surface area contributed by atoms with E-state index in [9.17, 15) is 4.39 Å². The van der Waals surface area contributed by atoms with Gasteiger partial charge >= 0.3 is 0 Å². The summed E-state index contributed by atoms with van der Waals surface area (Å²) in [6.07, 6.45) is 0.884. The summed E-state index contributed by atoms with van der Waals surface area (Å²) in [5.41, 5.74) is 6.14. The number of nitrogens with one attached hydrogen (secondary N) is 1. The number of anilines is 1. The Kier molecular flexibility index (Phi) is 3.99. The molecule has 1 aromatic rings. The van der Waals surface area contributed by atoms with Crippen molar-refractivity contribution in [3.8, 4) is 0 Å². The van der Waals surface area contributed by atoms with Crippen molar-refractivity contribution < 1.29 is 4.39 Å². The number of rotatable bonds is 4. The highest BCUT2D eigenvalue weighted by atomic mass is 35.5. The summed E-state index contributed by atoms with van der Waals surface area (Å²) in [5.74, 6) is -0.397. The van der Waals surface area contributed by atoms with Crippen molar-refractivity contribution >= 4 is 17.3 Å². The third kappa shape index (κ3) is 3.20. The summed E-state index contributed by atoms with van der Waals surface area (Å²) >= 11 is 5.59. The Hall–Kier alpha value is -0.800. The first-order valence-electron chi connectivity index (χ1n) is 4.13. The molecular formula is C9H12ClFN2. The first-order valence-corrected chi connectivity index (χ1v) is 4.51. The fraction of sp³-hybridized carbons (Fsp3) is 0.333. The first-order chi connectivity index (χ1) is 6.24. The summed E-state index contributed by atoms with van der Waals surface area (Å²) in [6, 6.07) is 4.55. The molecule has 0 aliphatic heterocycles. The molecule has 0 spiro atoms. The number of benzene rings is 1. The molecule has 1 aromatic carbocycles. The largest absolute Gasteiger partial charge is 0.385 e. The van der Waals surface area contributed by atoms with Crippen LogP contribution >= 0.6 is 11.6 Å². The molecule has 13 heavy (non-hydrogen) atoms. The molecule has 0 aliphatic carbocycles. The molecule has 0 fully saturated rings. The maximum absolute atomic E-state index is 12.7. The number of nitrogens with two attached hydrogens (primary N) is 1. The maximum Gasteiger partial charge on any atom is 0.141 e. The number of halogens is 2. The molecule has 0 unspecified atom stereocenters. The van der Waals surface area contributed by atoms with E-state index in [0.29, 0.717) is 6.54 Å². The van der Waals surface area contributed by atoms with Gasteiger partial charge in [0, 0.05) is 12.2 Å². The molecule has 0 heterocycles. The maximum atomic E-state index is 12.7. The molecular weight excluding hydrogens is 191 g/mol. The fourth-order valence-corrected chi connectivity index (χ4v) is 1.12. The van der Waals surface area contributed by atoms with Gasteiger partial charge in [-0.3, -0.25) is 0 Å². The third-order valence-corrected chi connectivity index (χ3v) is 1.92. The summed E-state index contributed by atoms with van der Waals surface area (Å²) < 4.78 is 12.7. The monoisotopic (exact) mass is 202 g/mol. The molecule has 0 radical (unpaired) electrons. The lowest BCUT2D eigenvalue weighted by atomic mass is 10.3. The zero-order chi connectivity index (χ0) is 9.68. The van der Waals surface area contributed by atoms with E-state index in [1.165, 1.54) is 6.07 Å². The van der Waals surface area contributed by atoms with Crippen LogP contribution in [0.3, 0.4) is 0 Å². The van der Waals surface area contributed by atoms with Crippen molar-refractivity contribution in [1.29, 1.82) is 0 Å². The summed E-state index contributed by atoms with van der Waals surface area (Å²) in [7, 11) is 0. The van der Waals surface area contributed by atoms with Crippen molar-refractivity contribution in [2.45, 2.75) is 6.42 Å². The Morgan fingerprint density at radius 1 is 1.46 bits per heavy atom. The van der Waals surface area contributed by atoms with Gasteiger partial charge in [-0.15, -0.1) is 0 Å². The summed E-state index contributed by atoms with van der Waals surface area (Å²) in [6.45, 7) is 1.42. The van der Waals surface area contributed by atoms with E-state index < -0.39 is 5.82 Å². The van der Waals surface area contributed by atoms with Gasteiger partial charge in [0.1, 0.15) is 5.82 Å². The van der Waals surface area contributed by atoms with E-state index in [2.05, 4.69) is 5.32 Å². The molecule has 72 valence electrons. The van der Waals surface area contributed by atoms with Gasteiger partial charge in [0.2, 0.25) is 0 Å². The Morgan fingerprint density at radius 2 is 2.23 bits per heavy atom.